The molecule has 1 aliphatic rings. The molecule has 2 aromatic heterocycles. The first kappa shape index (κ1) is 13.7. The maximum absolute atomic E-state index is 10.0. The van der Waals surface area contributed by atoms with E-state index in [1.54, 1.807) is 6.92 Å². The number of imidazole rings is 1. The van der Waals surface area contributed by atoms with Crippen LogP contribution in [-0.2, 0) is 4.74 Å². The third kappa shape index (κ3) is 1.97. The number of halogens is 1. The van der Waals surface area contributed by atoms with Gasteiger partial charge in [-0.15, -0.1) is 0 Å². The molecule has 1 saturated heterocycles. The van der Waals surface area contributed by atoms with Gasteiger partial charge in [0.05, 0.1) is 12.9 Å². The zero-order chi connectivity index (χ0) is 14.4. The Morgan fingerprint density at radius 1 is 1.35 bits per heavy atom. The highest BCUT2D eigenvalue weighted by molar-refractivity contribution is 6.33. The number of fused-ring (bicyclic) bond motifs is 1. The maximum atomic E-state index is 10.0. The topological polar surface area (TPSA) is 114 Å². The molecule has 0 aliphatic carbocycles. The number of aromatic nitrogens is 4. The van der Waals surface area contributed by atoms with Gasteiger partial charge in [0.2, 0.25) is 0 Å². The van der Waals surface area contributed by atoms with E-state index < -0.39 is 31.1 Å². The van der Waals surface area contributed by atoms with E-state index in [-0.39, 0.29) is 5.15 Å². The Balaban J connectivity index is 2.07. The van der Waals surface area contributed by atoms with E-state index in [9.17, 15) is 10.2 Å². The summed E-state index contributed by atoms with van der Waals surface area (Å²) in [5, 5.41) is 29.1. The molecule has 0 saturated carbocycles. The maximum Gasteiger partial charge on any atom is 0.167 e. The van der Waals surface area contributed by atoms with Crippen molar-refractivity contribution in [3.63, 3.8) is 0 Å². The van der Waals surface area contributed by atoms with E-state index in [1.807, 2.05) is 0 Å². The minimum atomic E-state index is -1.20. The largest absolute Gasteiger partial charge is 0.394 e. The molecule has 0 bridgehead atoms. The smallest absolute Gasteiger partial charge is 0.167 e. The van der Waals surface area contributed by atoms with Crippen LogP contribution in [0.5, 0.6) is 0 Å². The highest BCUT2D eigenvalue weighted by Crippen LogP contribution is 2.32. The van der Waals surface area contributed by atoms with Crippen molar-refractivity contribution in [3.8, 4) is 0 Å². The van der Waals surface area contributed by atoms with Crippen LogP contribution < -0.4 is 0 Å². The van der Waals surface area contributed by atoms with Crippen molar-refractivity contribution >= 4 is 22.8 Å². The van der Waals surface area contributed by atoms with Crippen LogP contribution in [0.3, 0.4) is 0 Å². The zero-order valence-electron chi connectivity index (χ0n) is 10.5. The van der Waals surface area contributed by atoms with Crippen molar-refractivity contribution in [1.82, 2.24) is 19.5 Å². The zero-order valence-corrected chi connectivity index (χ0v) is 11.3. The van der Waals surface area contributed by atoms with E-state index in [0.29, 0.717) is 17.0 Å². The molecule has 0 amide bonds. The Kier molecular flexibility index (Phi) is 3.35. The van der Waals surface area contributed by atoms with Gasteiger partial charge in [0, 0.05) is 0 Å². The summed E-state index contributed by atoms with van der Waals surface area (Å²) < 4.78 is 6.91. The predicted molar refractivity (Wildman–Crippen MR) is 68.1 cm³/mol. The van der Waals surface area contributed by atoms with Crippen LogP contribution in [0.25, 0.3) is 11.2 Å². The molecule has 3 N–H and O–H groups in total. The van der Waals surface area contributed by atoms with Crippen molar-refractivity contribution in [1.29, 1.82) is 0 Å². The van der Waals surface area contributed by atoms with Gasteiger partial charge in [-0.1, -0.05) is 11.6 Å². The predicted octanol–water partition coefficient (Wildman–Crippen LogP) is -0.600. The Hall–Kier alpha value is -1.32. The lowest BCUT2D eigenvalue weighted by Crippen LogP contribution is -2.33. The fourth-order valence-corrected chi connectivity index (χ4v) is 2.54. The number of rotatable bonds is 2. The van der Waals surface area contributed by atoms with Gasteiger partial charge >= 0.3 is 0 Å². The number of nitrogens with zero attached hydrogens (tertiary/aromatic N) is 4. The van der Waals surface area contributed by atoms with E-state index in [4.69, 9.17) is 21.4 Å². The van der Waals surface area contributed by atoms with E-state index >= 15 is 0 Å². The third-order valence-electron chi connectivity index (χ3n) is 3.28. The van der Waals surface area contributed by atoms with Crippen LogP contribution in [0.2, 0.25) is 5.15 Å². The number of hydrogen-bond donors (Lipinski definition) is 3. The summed E-state index contributed by atoms with van der Waals surface area (Å²) in [6, 6.07) is 0. The normalized spacial score (nSPS) is 30.2. The quantitative estimate of drug-likeness (QED) is 0.635. The molecule has 0 aromatic carbocycles. The molecular formula is C11H13ClN4O4. The summed E-state index contributed by atoms with van der Waals surface area (Å²) in [6.45, 7) is 1.29. The van der Waals surface area contributed by atoms with Crippen LogP contribution in [0.4, 0.5) is 0 Å². The minimum Gasteiger partial charge on any atom is -0.394 e. The second kappa shape index (κ2) is 4.90. The molecule has 1 unspecified atom stereocenters. The molecule has 108 valence electrons. The van der Waals surface area contributed by atoms with E-state index in [1.165, 1.54) is 10.9 Å². The van der Waals surface area contributed by atoms with Gasteiger partial charge in [0.15, 0.2) is 17.0 Å². The van der Waals surface area contributed by atoms with Gasteiger partial charge < -0.3 is 20.1 Å². The molecule has 9 heteroatoms. The Bertz CT molecular complexity index is 649. The van der Waals surface area contributed by atoms with E-state index in [0.717, 1.165) is 0 Å². The van der Waals surface area contributed by atoms with Gasteiger partial charge in [-0.25, -0.2) is 15.0 Å². The van der Waals surface area contributed by atoms with Crippen molar-refractivity contribution in [3.05, 3.63) is 17.3 Å². The molecule has 1 fully saturated rings. The summed E-state index contributed by atoms with van der Waals surface area (Å²) in [5.41, 5.74) is 0.785. The second-order valence-electron chi connectivity index (χ2n) is 4.61. The Morgan fingerprint density at radius 2 is 2.10 bits per heavy atom. The average molecular weight is 301 g/mol. The summed E-state index contributed by atoms with van der Waals surface area (Å²) in [5.74, 6) is 0.455. The van der Waals surface area contributed by atoms with Crippen molar-refractivity contribution in [2.24, 2.45) is 0 Å². The molecule has 8 nitrogen and oxygen atoms in total. The molecule has 20 heavy (non-hydrogen) atoms. The standard InChI is InChI=1S/C11H13ClN4O4/c1-4-14-9(12)6-10(15-4)16(3-13-6)11-8(19)7(18)5(2-17)20-11/h3,5,7-8,11,17-19H,2H2,1H3/t5-,7-,8-,11?/m1/s1. The van der Waals surface area contributed by atoms with Gasteiger partial charge in [-0.3, -0.25) is 4.57 Å². The third-order valence-corrected chi connectivity index (χ3v) is 3.55. The molecular weight excluding hydrogens is 288 g/mol. The second-order valence-corrected chi connectivity index (χ2v) is 4.97. The first-order valence-corrected chi connectivity index (χ1v) is 6.40. The highest BCUT2D eigenvalue weighted by atomic mass is 35.5. The monoisotopic (exact) mass is 300 g/mol. The van der Waals surface area contributed by atoms with Crippen LogP contribution in [0.1, 0.15) is 12.1 Å². The Labute approximate surface area is 118 Å². The van der Waals surface area contributed by atoms with Gasteiger partial charge in [0.25, 0.3) is 0 Å². The van der Waals surface area contributed by atoms with Crippen molar-refractivity contribution in [2.75, 3.05) is 6.61 Å². The fraction of sp³-hybridized carbons (Fsp3) is 0.545. The summed E-state index contributed by atoms with van der Waals surface area (Å²) in [4.78, 5) is 12.3. The van der Waals surface area contributed by atoms with Gasteiger partial charge in [0.1, 0.15) is 29.7 Å². The fourth-order valence-electron chi connectivity index (χ4n) is 2.28. The van der Waals surface area contributed by atoms with Gasteiger partial charge in [-0.05, 0) is 6.92 Å². The lowest BCUT2D eigenvalue weighted by molar-refractivity contribution is -0.0511. The van der Waals surface area contributed by atoms with Crippen LogP contribution >= 0.6 is 11.6 Å². The summed E-state index contributed by atoms with van der Waals surface area (Å²) >= 11 is 5.98. The lowest BCUT2D eigenvalue weighted by atomic mass is 10.1. The van der Waals surface area contributed by atoms with Crippen LogP contribution in [-0.4, -0.2) is 59.8 Å². The molecule has 1 aliphatic heterocycles. The Morgan fingerprint density at radius 3 is 2.75 bits per heavy atom. The van der Waals surface area contributed by atoms with E-state index in [2.05, 4.69) is 15.0 Å². The first-order valence-electron chi connectivity index (χ1n) is 6.02. The SMILES string of the molecule is Cc1nc(Cl)c2ncn(C3O[C@H](CO)[C@@H](O)[C@H]3O)c2n1. The van der Waals surface area contributed by atoms with Crippen molar-refractivity contribution < 1.29 is 20.1 Å². The summed E-state index contributed by atoms with van der Waals surface area (Å²) in [6.07, 6.45) is -2.71. The minimum absolute atomic E-state index is 0.206. The number of aryl methyl sites for hydroxylation is 1. The van der Waals surface area contributed by atoms with Crippen molar-refractivity contribution in [2.45, 2.75) is 31.5 Å². The molecule has 3 rings (SSSR count). The molecule has 0 radical (unpaired) electrons. The number of hydrogen-bond acceptors (Lipinski definition) is 7. The molecule has 4 atom stereocenters. The van der Waals surface area contributed by atoms with Crippen LogP contribution in [0, 0.1) is 6.92 Å². The molecule has 2 aromatic rings. The highest BCUT2D eigenvalue weighted by Gasteiger charge is 2.44. The average Bonchev–Trinajstić information content (AvgIpc) is 2.93. The number of aliphatic hydroxyl groups is 3. The molecule has 3 heterocycles. The van der Waals surface area contributed by atoms with Gasteiger partial charge in [-0.2, -0.15) is 0 Å². The number of ether oxygens (including phenoxy) is 1. The number of aliphatic hydroxyl groups excluding tert-OH is 3. The summed E-state index contributed by atoms with van der Waals surface area (Å²) in [7, 11) is 0. The first-order chi connectivity index (χ1) is 9.52. The van der Waals surface area contributed by atoms with Crippen LogP contribution in [0.15, 0.2) is 6.33 Å². The lowest BCUT2D eigenvalue weighted by Gasteiger charge is -2.16. The molecule has 0 spiro atoms.